The summed E-state index contributed by atoms with van der Waals surface area (Å²) in [4.78, 5) is 3.46. The summed E-state index contributed by atoms with van der Waals surface area (Å²) in [5, 5.41) is 0. The molecule has 5 heteroatoms. The minimum Gasteiger partial charge on any atom is -0.329 e. The van der Waals surface area contributed by atoms with E-state index in [0.717, 1.165) is 0 Å². The highest BCUT2D eigenvalue weighted by molar-refractivity contribution is 14.1. The third kappa shape index (κ3) is 2.41. The van der Waals surface area contributed by atoms with E-state index in [-0.39, 0.29) is 6.04 Å². The third-order valence-electron chi connectivity index (χ3n) is 1.38. The Labute approximate surface area is 78.3 Å². The molecule has 0 amide bonds. The van der Waals surface area contributed by atoms with Crippen LogP contribution < -0.4 is 0 Å². The molecule has 3 nitrogen and oxygen atoms in total. The van der Waals surface area contributed by atoms with Crippen molar-refractivity contribution in [3.05, 3.63) is 18.5 Å². The molecule has 0 radical (unpaired) electrons. The molecule has 1 atom stereocenters. The molecule has 0 fully saturated rings. The fourth-order valence-electron chi connectivity index (χ4n) is 0.730. The zero-order chi connectivity index (χ0) is 8.27. The third-order valence-corrected chi connectivity index (χ3v) is 1.74. The van der Waals surface area contributed by atoms with E-state index in [1.165, 1.54) is 12.5 Å². The molecule has 62 valence electrons. The van der Waals surface area contributed by atoms with E-state index >= 15 is 0 Å². The quantitative estimate of drug-likeness (QED) is 0.785. The topological polar surface area (TPSA) is 27.1 Å². The normalized spacial score (nSPS) is 13.4. The second-order valence-electron chi connectivity index (χ2n) is 2.27. The Morgan fingerprint density at radius 3 is 3.09 bits per heavy atom. The number of hydrogen-bond acceptors (Lipinski definition) is 2. The molecule has 1 aromatic heterocycles. The van der Waals surface area contributed by atoms with Crippen LogP contribution in [0.4, 0.5) is 4.39 Å². The molecule has 0 aliphatic carbocycles. The molecule has 0 saturated carbocycles. The lowest BCUT2D eigenvalue weighted by Crippen LogP contribution is -2.07. The first-order chi connectivity index (χ1) is 5.24. The summed E-state index contributed by atoms with van der Waals surface area (Å²) in [6.45, 7) is 2.48. The van der Waals surface area contributed by atoms with Crippen LogP contribution in [0, 0.1) is 5.95 Å². The smallest absolute Gasteiger partial charge is 0.230 e. The van der Waals surface area contributed by atoms with Crippen LogP contribution in [0.1, 0.15) is 13.0 Å². The van der Waals surface area contributed by atoms with Gasteiger partial charge in [-0.1, -0.05) is 0 Å². The minimum absolute atomic E-state index is 0.129. The summed E-state index contributed by atoms with van der Waals surface area (Å²) in [5.41, 5.74) is 0. The van der Waals surface area contributed by atoms with E-state index in [1.54, 1.807) is 4.57 Å². The summed E-state index contributed by atoms with van der Waals surface area (Å²) in [6.07, 6.45) is 2.80. The van der Waals surface area contributed by atoms with Crippen molar-refractivity contribution < 1.29 is 7.46 Å². The second kappa shape index (κ2) is 4.01. The average molecular weight is 270 g/mol. The van der Waals surface area contributed by atoms with Crippen molar-refractivity contribution in [2.75, 3.05) is 6.61 Å². The highest BCUT2D eigenvalue weighted by Crippen LogP contribution is 2.07. The maximum absolute atomic E-state index is 12.4. The van der Waals surface area contributed by atoms with Gasteiger partial charge in [-0.15, -0.1) is 0 Å². The Kier molecular flexibility index (Phi) is 3.25. The van der Waals surface area contributed by atoms with Crippen molar-refractivity contribution in [3.63, 3.8) is 0 Å². The fourth-order valence-corrected chi connectivity index (χ4v) is 1.25. The van der Waals surface area contributed by atoms with Gasteiger partial charge in [0.05, 0.1) is 25.2 Å². The minimum atomic E-state index is -0.453. The zero-order valence-corrected chi connectivity index (χ0v) is 8.16. The number of aromatic nitrogens is 2. The van der Waals surface area contributed by atoms with Crippen LogP contribution in [0.3, 0.4) is 0 Å². The lowest BCUT2D eigenvalue weighted by atomic mass is 10.4. The van der Waals surface area contributed by atoms with Crippen molar-refractivity contribution in [3.8, 4) is 0 Å². The summed E-state index contributed by atoms with van der Waals surface area (Å²) in [5.74, 6) is -0.453. The van der Waals surface area contributed by atoms with E-state index in [9.17, 15) is 4.39 Å². The Balaban J connectivity index is 2.60. The molecule has 1 heterocycles. The Bertz CT molecular complexity index is 228. The van der Waals surface area contributed by atoms with Gasteiger partial charge in [-0.2, -0.15) is 4.39 Å². The molecule has 11 heavy (non-hydrogen) atoms. The Morgan fingerprint density at radius 1 is 1.91 bits per heavy atom. The summed E-state index contributed by atoms with van der Waals surface area (Å²) in [6, 6.07) is 0.129. The number of hydrogen-bond donors (Lipinski definition) is 0. The van der Waals surface area contributed by atoms with Gasteiger partial charge in [0.25, 0.3) is 0 Å². The number of halogens is 2. The monoisotopic (exact) mass is 270 g/mol. The molecule has 0 saturated heterocycles. The Hall–Kier alpha value is -0.170. The molecular weight excluding hydrogens is 262 g/mol. The van der Waals surface area contributed by atoms with Crippen LogP contribution in [0.2, 0.25) is 0 Å². The highest BCUT2D eigenvalue weighted by atomic mass is 127. The zero-order valence-electron chi connectivity index (χ0n) is 6.00. The van der Waals surface area contributed by atoms with Gasteiger partial charge in [-0.05, 0) is 6.92 Å². The number of rotatable bonds is 3. The first-order valence-corrected chi connectivity index (χ1v) is 4.04. The molecule has 0 aliphatic rings. The van der Waals surface area contributed by atoms with Gasteiger partial charge < -0.3 is 7.63 Å². The van der Waals surface area contributed by atoms with Crippen molar-refractivity contribution in [2.24, 2.45) is 0 Å². The molecule has 0 N–H and O–H groups in total. The standard InChI is InChI=1S/C6H8FIN2O/c1-5(3-11-8)10-2-6(7)9-4-10/h2,4-5H,3H2,1H3/t5-/m1/s1. The van der Waals surface area contributed by atoms with Crippen LogP contribution in [-0.4, -0.2) is 16.2 Å². The van der Waals surface area contributed by atoms with Crippen LogP contribution >= 0.6 is 23.0 Å². The maximum atomic E-state index is 12.4. The van der Waals surface area contributed by atoms with Gasteiger partial charge in [0.15, 0.2) is 0 Å². The average Bonchev–Trinajstić information content (AvgIpc) is 2.36. The predicted octanol–water partition coefficient (Wildman–Crippen LogP) is 1.95. The highest BCUT2D eigenvalue weighted by Gasteiger charge is 2.04. The van der Waals surface area contributed by atoms with E-state index in [0.29, 0.717) is 6.61 Å². The molecule has 0 bridgehead atoms. The number of imidazole rings is 1. The van der Waals surface area contributed by atoms with Crippen molar-refractivity contribution in [1.82, 2.24) is 9.55 Å². The second-order valence-corrected chi connectivity index (χ2v) is 2.89. The van der Waals surface area contributed by atoms with E-state index in [2.05, 4.69) is 4.98 Å². The molecule has 1 rings (SSSR count). The van der Waals surface area contributed by atoms with Crippen LogP contribution in [-0.2, 0) is 3.07 Å². The molecule has 1 aromatic rings. The first kappa shape index (κ1) is 8.92. The summed E-state index contributed by atoms with van der Waals surface area (Å²) in [7, 11) is 0. The van der Waals surface area contributed by atoms with Gasteiger partial charge in [-0.3, -0.25) is 0 Å². The largest absolute Gasteiger partial charge is 0.329 e. The Morgan fingerprint density at radius 2 is 2.64 bits per heavy atom. The maximum Gasteiger partial charge on any atom is 0.230 e. The lowest BCUT2D eigenvalue weighted by molar-refractivity contribution is 0.336. The molecule has 0 aliphatic heterocycles. The van der Waals surface area contributed by atoms with E-state index in [4.69, 9.17) is 3.07 Å². The number of nitrogens with zero attached hydrogens (tertiary/aromatic N) is 2. The van der Waals surface area contributed by atoms with Gasteiger partial charge in [-0.25, -0.2) is 4.98 Å². The van der Waals surface area contributed by atoms with Crippen LogP contribution in [0.5, 0.6) is 0 Å². The van der Waals surface area contributed by atoms with E-state index in [1.807, 2.05) is 29.9 Å². The molecular formula is C6H8FIN2O. The molecule has 0 unspecified atom stereocenters. The van der Waals surface area contributed by atoms with Crippen LogP contribution in [0.15, 0.2) is 12.5 Å². The van der Waals surface area contributed by atoms with Crippen molar-refractivity contribution in [2.45, 2.75) is 13.0 Å². The van der Waals surface area contributed by atoms with Crippen LogP contribution in [0.25, 0.3) is 0 Å². The van der Waals surface area contributed by atoms with Gasteiger partial charge in [0.2, 0.25) is 5.95 Å². The van der Waals surface area contributed by atoms with Crippen molar-refractivity contribution >= 4 is 23.0 Å². The SMILES string of the molecule is C[C@H](COI)n1cnc(F)c1. The van der Waals surface area contributed by atoms with Gasteiger partial charge in [0.1, 0.15) is 23.0 Å². The summed E-state index contributed by atoms with van der Waals surface area (Å²) < 4.78 is 18.9. The predicted molar refractivity (Wildman–Crippen MR) is 46.9 cm³/mol. The van der Waals surface area contributed by atoms with Gasteiger partial charge >= 0.3 is 0 Å². The van der Waals surface area contributed by atoms with E-state index < -0.39 is 5.95 Å². The fraction of sp³-hybridized carbons (Fsp3) is 0.500. The molecule has 0 aromatic carbocycles. The summed E-state index contributed by atoms with van der Waals surface area (Å²) >= 11 is 1.81. The van der Waals surface area contributed by atoms with Crippen molar-refractivity contribution in [1.29, 1.82) is 0 Å². The lowest BCUT2D eigenvalue weighted by Gasteiger charge is -2.09. The first-order valence-electron chi connectivity index (χ1n) is 3.16. The van der Waals surface area contributed by atoms with Gasteiger partial charge in [0, 0.05) is 0 Å². The molecule has 0 spiro atoms.